The predicted molar refractivity (Wildman–Crippen MR) is 74.1 cm³/mol. The van der Waals surface area contributed by atoms with Gasteiger partial charge in [-0.1, -0.05) is 18.9 Å². The van der Waals surface area contributed by atoms with Crippen molar-refractivity contribution < 1.29 is 14.3 Å². The topological polar surface area (TPSA) is 55.4 Å². The molecular weight excluding hydrogens is 262 g/mol. The van der Waals surface area contributed by atoms with Crippen LogP contribution in [0.3, 0.4) is 0 Å². The molecule has 1 N–H and O–H groups in total. The van der Waals surface area contributed by atoms with Gasteiger partial charge in [-0.2, -0.15) is 0 Å². The van der Waals surface area contributed by atoms with Crippen LogP contribution in [0.2, 0.25) is 0 Å². The molecule has 0 aliphatic heterocycles. The van der Waals surface area contributed by atoms with Crippen LogP contribution in [0.1, 0.15) is 35.4 Å². The fourth-order valence-corrected chi connectivity index (χ4v) is 3.27. The summed E-state index contributed by atoms with van der Waals surface area (Å²) < 4.78 is 4.85. The lowest BCUT2D eigenvalue weighted by molar-refractivity contribution is -0.148. The lowest BCUT2D eigenvalue weighted by Crippen LogP contribution is -2.37. The number of rotatable bonds is 4. The van der Waals surface area contributed by atoms with Crippen molar-refractivity contribution in [3.8, 4) is 0 Å². The van der Waals surface area contributed by atoms with E-state index in [1.54, 1.807) is 6.07 Å². The highest BCUT2D eigenvalue weighted by molar-refractivity contribution is 7.12. The van der Waals surface area contributed by atoms with Crippen LogP contribution in [0.25, 0.3) is 0 Å². The van der Waals surface area contributed by atoms with Crippen molar-refractivity contribution in [2.45, 2.75) is 25.7 Å². The van der Waals surface area contributed by atoms with Gasteiger partial charge in [0.2, 0.25) is 0 Å². The first-order valence-corrected chi connectivity index (χ1v) is 7.50. The SMILES string of the molecule is COC(=O)C1CCCCC1CNC(=O)c1cccs1. The summed E-state index contributed by atoms with van der Waals surface area (Å²) in [7, 11) is 1.43. The fraction of sp³-hybridized carbons (Fsp3) is 0.571. The zero-order valence-electron chi connectivity index (χ0n) is 11.1. The van der Waals surface area contributed by atoms with Crippen LogP contribution in [0.4, 0.5) is 0 Å². The quantitative estimate of drug-likeness (QED) is 0.863. The molecule has 0 aromatic carbocycles. The Morgan fingerprint density at radius 1 is 1.42 bits per heavy atom. The molecule has 1 fully saturated rings. The van der Waals surface area contributed by atoms with Crippen molar-refractivity contribution in [2.24, 2.45) is 11.8 Å². The summed E-state index contributed by atoms with van der Waals surface area (Å²) in [6.07, 6.45) is 4.03. The van der Waals surface area contributed by atoms with Gasteiger partial charge in [-0.15, -0.1) is 11.3 Å². The number of thiophene rings is 1. The van der Waals surface area contributed by atoms with Crippen LogP contribution >= 0.6 is 11.3 Å². The van der Waals surface area contributed by atoms with E-state index in [4.69, 9.17) is 4.74 Å². The van der Waals surface area contributed by atoms with E-state index in [1.807, 2.05) is 11.4 Å². The van der Waals surface area contributed by atoms with Gasteiger partial charge in [-0.3, -0.25) is 9.59 Å². The second kappa shape index (κ2) is 6.70. The van der Waals surface area contributed by atoms with Crippen molar-refractivity contribution in [1.29, 1.82) is 0 Å². The number of amides is 1. The second-order valence-corrected chi connectivity index (χ2v) is 5.81. The molecule has 1 aromatic rings. The standard InChI is InChI=1S/C14H19NO3S/c1-18-14(17)11-6-3-2-5-10(11)9-15-13(16)12-7-4-8-19-12/h4,7-8,10-11H,2-3,5-6,9H2,1H3,(H,15,16). The van der Waals surface area contributed by atoms with Gasteiger partial charge >= 0.3 is 5.97 Å². The highest BCUT2D eigenvalue weighted by Gasteiger charge is 2.31. The number of nitrogens with one attached hydrogen (secondary N) is 1. The number of carbonyl (C=O) groups excluding carboxylic acids is 2. The first-order valence-electron chi connectivity index (χ1n) is 6.62. The lowest BCUT2D eigenvalue weighted by atomic mass is 9.79. The van der Waals surface area contributed by atoms with Gasteiger partial charge in [0.1, 0.15) is 0 Å². The van der Waals surface area contributed by atoms with E-state index in [2.05, 4.69) is 5.32 Å². The van der Waals surface area contributed by atoms with Crippen molar-refractivity contribution in [3.05, 3.63) is 22.4 Å². The summed E-state index contributed by atoms with van der Waals surface area (Å²) in [5.74, 6) is -0.0632. The van der Waals surface area contributed by atoms with Gasteiger partial charge in [0, 0.05) is 6.54 Å². The molecule has 1 aliphatic carbocycles. The Kier molecular flexibility index (Phi) is 4.96. The maximum absolute atomic E-state index is 11.9. The van der Waals surface area contributed by atoms with E-state index in [0.29, 0.717) is 11.4 Å². The summed E-state index contributed by atoms with van der Waals surface area (Å²) in [5, 5.41) is 4.81. The minimum Gasteiger partial charge on any atom is -0.469 e. The lowest BCUT2D eigenvalue weighted by Gasteiger charge is -2.29. The van der Waals surface area contributed by atoms with E-state index in [9.17, 15) is 9.59 Å². The van der Waals surface area contributed by atoms with E-state index < -0.39 is 0 Å². The van der Waals surface area contributed by atoms with E-state index in [-0.39, 0.29) is 23.7 Å². The first-order chi connectivity index (χ1) is 9.22. The molecule has 1 heterocycles. The molecule has 1 amide bonds. The molecule has 2 atom stereocenters. The third-order valence-electron chi connectivity index (χ3n) is 3.68. The molecule has 2 unspecified atom stereocenters. The minimum absolute atomic E-state index is 0.0517. The Hall–Kier alpha value is -1.36. The maximum atomic E-state index is 11.9. The Balaban J connectivity index is 1.89. The normalized spacial score (nSPS) is 22.8. The molecule has 4 nitrogen and oxygen atoms in total. The number of methoxy groups -OCH3 is 1. The predicted octanol–water partition coefficient (Wildman–Crippen LogP) is 2.46. The Morgan fingerprint density at radius 3 is 2.89 bits per heavy atom. The summed E-state index contributed by atoms with van der Waals surface area (Å²) >= 11 is 1.43. The summed E-state index contributed by atoms with van der Waals surface area (Å²) in [6, 6.07) is 3.66. The molecule has 1 saturated carbocycles. The molecule has 0 radical (unpaired) electrons. The molecule has 19 heavy (non-hydrogen) atoms. The van der Waals surface area contributed by atoms with Gasteiger partial charge in [-0.05, 0) is 30.2 Å². The summed E-state index contributed by atoms with van der Waals surface area (Å²) in [5.41, 5.74) is 0. The maximum Gasteiger partial charge on any atom is 0.309 e. The van der Waals surface area contributed by atoms with E-state index in [1.165, 1.54) is 18.4 Å². The van der Waals surface area contributed by atoms with Crippen LogP contribution in [0, 0.1) is 11.8 Å². The molecule has 1 aliphatic rings. The third-order valence-corrected chi connectivity index (χ3v) is 4.55. The van der Waals surface area contributed by atoms with Crippen LogP contribution in [0.5, 0.6) is 0 Å². The van der Waals surface area contributed by atoms with Crippen LogP contribution < -0.4 is 5.32 Å². The van der Waals surface area contributed by atoms with Crippen molar-refractivity contribution >= 4 is 23.2 Å². The summed E-state index contributed by atoms with van der Waals surface area (Å²) in [6.45, 7) is 0.552. The fourth-order valence-electron chi connectivity index (χ4n) is 2.63. The van der Waals surface area contributed by atoms with Gasteiger partial charge in [0.15, 0.2) is 0 Å². The van der Waals surface area contributed by atoms with E-state index >= 15 is 0 Å². The highest BCUT2D eigenvalue weighted by Crippen LogP contribution is 2.30. The van der Waals surface area contributed by atoms with Crippen LogP contribution in [0.15, 0.2) is 17.5 Å². The first kappa shape index (κ1) is 14.1. The van der Waals surface area contributed by atoms with E-state index in [0.717, 1.165) is 25.7 Å². The number of hydrogen-bond donors (Lipinski definition) is 1. The van der Waals surface area contributed by atoms with Gasteiger partial charge in [-0.25, -0.2) is 0 Å². The number of carbonyl (C=O) groups is 2. The molecule has 1 aromatic heterocycles. The average molecular weight is 281 g/mol. The molecule has 5 heteroatoms. The zero-order valence-corrected chi connectivity index (χ0v) is 11.9. The minimum atomic E-state index is -0.143. The Labute approximate surface area is 117 Å². The van der Waals surface area contributed by atoms with Gasteiger partial charge in [0.25, 0.3) is 5.91 Å². The zero-order chi connectivity index (χ0) is 13.7. The Morgan fingerprint density at radius 2 is 2.21 bits per heavy atom. The highest BCUT2D eigenvalue weighted by atomic mass is 32.1. The van der Waals surface area contributed by atoms with Crippen LogP contribution in [-0.2, 0) is 9.53 Å². The monoisotopic (exact) mass is 281 g/mol. The van der Waals surface area contributed by atoms with Crippen molar-refractivity contribution in [3.63, 3.8) is 0 Å². The molecule has 0 bridgehead atoms. The third kappa shape index (κ3) is 3.56. The van der Waals surface area contributed by atoms with Crippen molar-refractivity contribution in [1.82, 2.24) is 5.32 Å². The van der Waals surface area contributed by atoms with Crippen LogP contribution in [-0.4, -0.2) is 25.5 Å². The molecule has 0 saturated heterocycles. The molecular formula is C14H19NO3S. The molecule has 0 spiro atoms. The number of hydrogen-bond acceptors (Lipinski definition) is 4. The Bertz CT molecular complexity index is 430. The smallest absolute Gasteiger partial charge is 0.309 e. The average Bonchev–Trinajstić information content (AvgIpc) is 2.98. The second-order valence-electron chi connectivity index (χ2n) is 4.86. The number of ether oxygens (including phenoxy) is 1. The summed E-state index contributed by atoms with van der Waals surface area (Å²) in [4.78, 5) is 24.3. The van der Waals surface area contributed by atoms with Gasteiger partial charge < -0.3 is 10.1 Å². The largest absolute Gasteiger partial charge is 0.469 e. The number of esters is 1. The molecule has 2 rings (SSSR count). The molecule has 104 valence electrons. The van der Waals surface area contributed by atoms with Crippen molar-refractivity contribution in [2.75, 3.05) is 13.7 Å². The van der Waals surface area contributed by atoms with Gasteiger partial charge in [0.05, 0.1) is 17.9 Å².